The number of rotatable bonds is 5. The number of benzene rings is 1. The van der Waals surface area contributed by atoms with Crippen molar-refractivity contribution in [1.29, 1.82) is 0 Å². The normalized spacial score (nSPS) is 19.8. The van der Waals surface area contributed by atoms with E-state index in [-0.39, 0.29) is 5.91 Å². The molecule has 0 radical (unpaired) electrons. The van der Waals surface area contributed by atoms with Crippen LogP contribution in [-0.2, 0) is 25.9 Å². The Labute approximate surface area is 154 Å². The van der Waals surface area contributed by atoms with E-state index in [1.807, 2.05) is 0 Å². The maximum Gasteiger partial charge on any atom is 0.273 e. The van der Waals surface area contributed by atoms with Gasteiger partial charge in [-0.15, -0.1) is 5.10 Å². The van der Waals surface area contributed by atoms with E-state index in [4.69, 9.17) is 0 Å². The number of fused-ring (bicyclic) bond motifs is 1. The van der Waals surface area contributed by atoms with Crippen LogP contribution in [0.2, 0.25) is 0 Å². The highest BCUT2D eigenvalue weighted by Crippen LogP contribution is 2.22. The molecule has 1 saturated heterocycles. The molecule has 26 heavy (non-hydrogen) atoms. The van der Waals surface area contributed by atoms with Crippen LogP contribution < -0.4 is 10.6 Å². The summed E-state index contributed by atoms with van der Waals surface area (Å²) in [5.41, 5.74) is 4.45. The summed E-state index contributed by atoms with van der Waals surface area (Å²) in [5, 5.41) is 14.5. The third kappa shape index (κ3) is 4.12. The monoisotopic (exact) mass is 353 g/mol. The van der Waals surface area contributed by atoms with Crippen molar-refractivity contribution in [2.45, 2.75) is 51.6 Å². The van der Waals surface area contributed by atoms with Crippen LogP contribution in [0.25, 0.3) is 0 Å². The molecule has 1 aliphatic heterocycles. The minimum Gasteiger partial charge on any atom is -0.347 e. The SMILES string of the molecule is O=C(NCc1ccc2c(c1)CCCC2)c1cn(C[C@H]2CCCNC2)nn1. The molecule has 2 aliphatic rings. The predicted octanol–water partition coefficient (Wildman–Crippen LogP) is 2.09. The predicted molar refractivity (Wildman–Crippen MR) is 99.9 cm³/mol. The van der Waals surface area contributed by atoms with Crippen molar-refractivity contribution < 1.29 is 4.79 Å². The van der Waals surface area contributed by atoms with Gasteiger partial charge in [0, 0.05) is 13.1 Å². The van der Waals surface area contributed by atoms with Crippen LogP contribution in [0.3, 0.4) is 0 Å². The van der Waals surface area contributed by atoms with Gasteiger partial charge in [-0.05, 0) is 74.2 Å². The smallest absolute Gasteiger partial charge is 0.273 e. The van der Waals surface area contributed by atoms with Crippen LogP contribution >= 0.6 is 0 Å². The number of aromatic nitrogens is 3. The van der Waals surface area contributed by atoms with E-state index in [1.54, 1.807) is 10.9 Å². The van der Waals surface area contributed by atoms with E-state index in [9.17, 15) is 4.79 Å². The van der Waals surface area contributed by atoms with Crippen LogP contribution in [0, 0.1) is 5.92 Å². The molecule has 0 unspecified atom stereocenters. The number of nitrogens with one attached hydrogen (secondary N) is 2. The summed E-state index contributed by atoms with van der Waals surface area (Å²) in [4.78, 5) is 12.4. The number of carbonyl (C=O) groups excluding carboxylic acids is 1. The first-order chi connectivity index (χ1) is 12.8. The quantitative estimate of drug-likeness (QED) is 0.863. The standard InChI is InChI=1S/C20H27N5O/c26-20(19-14-25(24-23-19)13-16-4-3-9-21-11-16)22-12-15-7-8-17-5-1-2-6-18(17)10-15/h7-8,10,14,16,21H,1-6,9,11-13H2,(H,22,26)/t16-/m0/s1. The van der Waals surface area contributed by atoms with E-state index in [0.29, 0.717) is 18.2 Å². The number of aryl methyl sites for hydroxylation is 2. The molecule has 1 aromatic heterocycles. The summed E-state index contributed by atoms with van der Waals surface area (Å²) in [7, 11) is 0. The number of amides is 1. The lowest BCUT2D eigenvalue weighted by atomic mass is 9.90. The summed E-state index contributed by atoms with van der Waals surface area (Å²) in [6, 6.07) is 6.57. The van der Waals surface area contributed by atoms with E-state index in [2.05, 4.69) is 39.1 Å². The van der Waals surface area contributed by atoms with Gasteiger partial charge in [0.05, 0.1) is 6.20 Å². The first kappa shape index (κ1) is 17.2. The maximum atomic E-state index is 12.4. The molecule has 2 N–H and O–H groups in total. The topological polar surface area (TPSA) is 71.8 Å². The molecule has 6 nitrogen and oxygen atoms in total. The second-order valence-electron chi connectivity index (χ2n) is 7.53. The molecule has 138 valence electrons. The van der Waals surface area contributed by atoms with Crippen LogP contribution in [0.15, 0.2) is 24.4 Å². The molecular formula is C20H27N5O. The summed E-state index contributed by atoms with van der Waals surface area (Å²) in [5.74, 6) is 0.410. The third-order valence-corrected chi connectivity index (χ3v) is 5.48. The zero-order chi connectivity index (χ0) is 17.8. The van der Waals surface area contributed by atoms with Crippen LogP contribution in [0.5, 0.6) is 0 Å². The van der Waals surface area contributed by atoms with Gasteiger partial charge in [0.25, 0.3) is 5.91 Å². The van der Waals surface area contributed by atoms with Crippen molar-refractivity contribution in [2.75, 3.05) is 13.1 Å². The number of nitrogens with zero attached hydrogens (tertiary/aromatic N) is 3. The molecule has 0 spiro atoms. The van der Waals surface area contributed by atoms with Crippen molar-refractivity contribution in [1.82, 2.24) is 25.6 Å². The van der Waals surface area contributed by atoms with Gasteiger partial charge in [-0.25, -0.2) is 0 Å². The molecule has 1 fully saturated rings. The van der Waals surface area contributed by atoms with E-state index in [1.165, 1.54) is 43.2 Å². The van der Waals surface area contributed by atoms with Crippen LogP contribution in [0.1, 0.15) is 52.9 Å². The number of hydrogen-bond donors (Lipinski definition) is 2. The van der Waals surface area contributed by atoms with Crippen molar-refractivity contribution in [3.8, 4) is 0 Å². The Bertz CT molecular complexity index is 763. The fourth-order valence-corrected chi connectivity index (χ4v) is 4.01. The molecule has 4 rings (SSSR count). The highest BCUT2D eigenvalue weighted by molar-refractivity contribution is 5.91. The van der Waals surface area contributed by atoms with Gasteiger partial charge in [-0.2, -0.15) is 0 Å². The Morgan fingerprint density at radius 3 is 2.96 bits per heavy atom. The molecule has 1 amide bonds. The van der Waals surface area contributed by atoms with Crippen LogP contribution in [-0.4, -0.2) is 34.0 Å². The lowest BCUT2D eigenvalue weighted by molar-refractivity contribution is 0.0946. The third-order valence-electron chi connectivity index (χ3n) is 5.48. The average Bonchev–Trinajstić information content (AvgIpc) is 3.15. The van der Waals surface area contributed by atoms with E-state index < -0.39 is 0 Å². The van der Waals surface area contributed by atoms with Crippen molar-refractivity contribution in [3.63, 3.8) is 0 Å². The Kier molecular flexibility index (Phi) is 5.29. The van der Waals surface area contributed by atoms with Crippen LogP contribution in [0.4, 0.5) is 0 Å². The Morgan fingerprint density at radius 2 is 2.12 bits per heavy atom. The molecule has 0 bridgehead atoms. The van der Waals surface area contributed by atoms with E-state index in [0.717, 1.165) is 31.6 Å². The molecule has 6 heteroatoms. The molecule has 1 aliphatic carbocycles. The van der Waals surface area contributed by atoms with Gasteiger partial charge >= 0.3 is 0 Å². The zero-order valence-electron chi connectivity index (χ0n) is 15.2. The molecule has 0 saturated carbocycles. The number of hydrogen-bond acceptors (Lipinski definition) is 4. The molecule has 1 aromatic carbocycles. The van der Waals surface area contributed by atoms with Gasteiger partial charge in [-0.1, -0.05) is 23.4 Å². The Hall–Kier alpha value is -2.21. The number of piperidine rings is 1. The second kappa shape index (κ2) is 7.99. The fraction of sp³-hybridized carbons (Fsp3) is 0.550. The largest absolute Gasteiger partial charge is 0.347 e. The highest BCUT2D eigenvalue weighted by atomic mass is 16.2. The minimum atomic E-state index is -0.157. The van der Waals surface area contributed by atoms with Crippen molar-refractivity contribution >= 4 is 5.91 Å². The summed E-state index contributed by atoms with van der Waals surface area (Å²) >= 11 is 0. The van der Waals surface area contributed by atoms with Gasteiger partial charge < -0.3 is 10.6 Å². The van der Waals surface area contributed by atoms with Gasteiger partial charge in [-0.3, -0.25) is 9.48 Å². The first-order valence-corrected chi connectivity index (χ1v) is 9.77. The fourth-order valence-electron chi connectivity index (χ4n) is 4.01. The number of carbonyl (C=O) groups is 1. The summed E-state index contributed by atoms with van der Waals surface area (Å²) < 4.78 is 1.80. The zero-order valence-corrected chi connectivity index (χ0v) is 15.2. The molecule has 2 aromatic rings. The Morgan fingerprint density at radius 1 is 1.23 bits per heavy atom. The maximum absolute atomic E-state index is 12.4. The molecule has 2 heterocycles. The summed E-state index contributed by atoms with van der Waals surface area (Å²) in [6.07, 6.45) is 9.05. The van der Waals surface area contributed by atoms with Crippen molar-refractivity contribution in [2.24, 2.45) is 5.92 Å². The van der Waals surface area contributed by atoms with Gasteiger partial charge in [0.2, 0.25) is 0 Å². The Balaban J connectivity index is 1.32. The molecular weight excluding hydrogens is 326 g/mol. The van der Waals surface area contributed by atoms with Crippen molar-refractivity contribution in [3.05, 3.63) is 46.8 Å². The summed E-state index contributed by atoms with van der Waals surface area (Å²) in [6.45, 7) is 3.47. The average molecular weight is 353 g/mol. The molecule has 1 atom stereocenters. The van der Waals surface area contributed by atoms with E-state index >= 15 is 0 Å². The lowest BCUT2D eigenvalue weighted by Crippen LogP contribution is -2.32. The first-order valence-electron chi connectivity index (χ1n) is 9.77. The second-order valence-corrected chi connectivity index (χ2v) is 7.53. The van der Waals surface area contributed by atoms with Gasteiger partial charge in [0.1, 0.15) is 0 Å². The highest BCUT2D eigenvalue weighted by Gasteiger charge is 2.16. The van der Waals surface area contributed by atoms with Gasteiger partial charge in [0.15, 0.2) is 5.69 Å². The lowest BCUT2D eigenvalue weighted by Gasteiger charge is -2.22. The minimum absolute atomic E-state index is 0.157.